The average molecular weight is 209 g/mol. The SMILES string of the molecule is c1csc(CNCc2ccsc2)c1. The first-order chi connectivity index (χ1) is 6.45. The fraction of sp³-hybridized carbons (Fsp3) is 0.200. The normalized spacial score (nSPS) is 10.5. The lowest BCUT2D eigenvalue weighted by molar-refractivity contribution is 0.702. The van der Waals surface area contributed by atoms with E-state index in [0.717, 1.165) is 13.1 Å². The Hall–Kier alpha value is -0.640. The third-order valence-electron chi connectivity index (χ3n) is 1.79. The minimum Gasteiger partial charge on any atom is -0.308 e. The highest BCUT2D eigenvalue weighted by Gasteiger charge is 1.94. The van der Waals surface area contributed by atoms with Gasteiger partial charge in [0.2, 0.25) is 0 Å². The quantitative estimate of drug-likeness (QED) is 0.816. The Morgan fingerprint density at radius 3 is 2.85 bits per heavy atom. The summed E-state index contributed by atoms with van der Waals surface area (Å²) in [6.45, 7) is 1.95. The van der Waals surface area contributed by atoms with Crippen LogP contribution >= 0.6 is 22.7 Å². The fourth-order valence-corrected chi connectivity index (χ4v) is 2.48. The Balaban J connectivity index is 1.76. The molecule has 0 aliphatic carbocycles. The van der Waals surface area contributed by atoms with Crippen molar-refractivity contribution in [3.05, 3.63) is 44.8 Å². The number of rotatable bonds is 4. The number of hydrogen-bond donors (Lipinski definition) is 1. The van der Waals surface area contributed by atoms with Gasteiger partial charge in [-0.15, -0.1) is 11.3 Å². The van der Waals surface area contributed by atoms with E-state index in [0.29, 0.717) is 0 Å². The number of hydrogen-bond acceptors (Lipinski definition) is 3. The van der Waals surface area contributed by atoms with Crippen LogP contribution in [0.1, 0.15) is 10.4 Å². The van der Waals surface area contributed by atoms with Gasteiger partial charge >= 0.3 is 0 Å². The smallest absolute Gasteiger partial charge is 0.0302 e. The van der Waals surface area contributed by atoms with Crippen LogP contribution < -0.4 is 5.32 Å². The van der Waals surface area contributed by atoms with Crippen molar-refractivity contribution in [1.29, 1.82) is 0 Å². The van der Waals surface area contributed by atoms with E-state index in [-0.39, 0.29) is 0 Å². The van der Waals surface area contributed by atoms with Crippen LogP contribution in [-0.2, 0) is 13.1 Å². The van der Waals surface area contributed by atoms with E-state index in [1.807, 2.05) is 0 Å². The maximum atomic E-state index is 3.41. The van der Waals surface area contributed by atoms with Crippen LogP contribution in [-0.4, -0.2) is 0 Å². The van der Waals surface area contributed by atoms with Gasteiger partial charge in [0.1, 0.15) is 0 Å². The molecule has 0 atom stereocenters. The second kappa shape index (κ2) is 4.56. The predicted molar refractivity (Wildman–Crippen MR) is 59.2 cm³/mol. The first-order valence-electron chi connectivity index (χ1n) is 4.19. The Labute approximate surface area is 86.0 Å². The third kappa shape index (κ3) is 2.66. The second-order valence-corrected chi connectivity index (χ2v) is 4.63. The van der Waals surface area contributed by atoms with Crippen LogP contribution in [0.4, 0.5) is 0 Å². The molecular formula is C10H11NS2. The molecule has 0 aliphatic heterocycles. The maximum absolute atomic E-state index is 3.41. The van der Waals surface area contributed by atoms with Crippen LogP contribution in [0.25, 0.3) is 0 Å². The van der Waals surface area contributed by atoms with E-state index in [4.69, 9.17) is 0 Å². The molecule has 0 unspecified atom stereocenters. The molecule has 0 spiro atoms. The lowest BCUT2D eigenvalue weighted by atomic mass is 10.3. The lowest BCUT2D eigenvalue weighted by Gasteiger charge is -1.99. The predicted octanol–water partition coefficient (Wildman–Crippen LogP) is 3.10. The highest BCUT2D eigenvalue weighted by molar-refractivity contribution is 7.09. The molecule has 13 heavy (non-hydrogen) atoms. The van der Waals surface area contributed by atoms with Gasteiger partial charge in [-0.1, -0.05) is 6.07 Å². The average Bonchev–Trinajstić information content (AvgIpc) is 2.75. The van der Waals surface area contributed by atoms with Gasteiger partial charge in [0, 0.05) is 18.0 Å². The molecule has 2 aromatic heterocycles. The third-order valence-corrected chi connectivity index (χ3v) is 3.40. The van der Waals surface area contributed by atoms with Gasteiger partial charge in [-0.05, 0) is 33.8 Å². The standard InChI is InChI=1S/C10H11NS2/c1-2-10(13-4-1)7-11-6-9-3-5-12-8-9/h1-5,8,11H,6-7H2. The molecule has 0 amide bonds. The van der Waals surface area contributed by atoms with Gasteiger partial charge in [-0.25, -0.2) is 0 Å². The molecule has 2 rings (SSSR count). The molecule has 2 aromatic rings. The van der Waals surface area contributed by atoms with Crippen molar-refractivity contribution < 1.29 is 0 Å². The Kier molecular flexibility index (Phi) is 3.13. The van der Waals surface area contributed by atoms with E-state index in [1.165, 1.54) is 10.4 Å². The summed E-state index contributed by atoms with van der Waals surface area (Å²) in [7, 11) is 0. The Bertz CT molecular complexity index is 289. The molecule has 3 heteroatoms. The van der Waals surface area contributed by atoms with Crippen LogP contribution in [0.3, 0.4) is 0 Å². The molecule has 0 aromatic carbocycles. The fourth-order valence-electron chi connectivity index (χ4n) is 1.14. The second-order valence-electron chi connectivity index (χ2n) is 2.81. The van der Waals surface area contributed by atoms with Crippen LogP contribution in [0.2, 0.25) is 0 Å². The zero-order valence-electron chi connectivity index (χ0n) is 7.19. The highest BCUT2D eigenvalue weighted by Crippen LogP contribution is 2.09. The molecule has 0 saturated carbocycles. The molecule has 0 radical (unpaired) electrons. The van der Waals surface area contributed by atoms with Crippen molar-refractivity contribution in [3.8, 4) is 0 Å². The van der Waals surface area contributed by atoms with Crippen molar-refractivity contribution in [1.82, 2.24) is 5.32 Å². The number of thiophene rings is 2. The molecule has 0 aliphatic rings. The summed E-state index contributed by atoms with van der Waals surface area (Å²) in [5.74, 6) is 0. The number of nitrogens with one attached hydrogen (secondary N) is 1. The molecule has 2 heterocycles. The Morgan fingerprint density at radius 2 is 2.15 bits per heavy atom. The summed E-state index contributed by atoms with van der Waals surface area (Å²) in [6.07, 6.45) is 0. The monoisotopic (exact) mass is 209 g/mol. The largest absolute Gasteiger partial charge is 0.308 e. The summed E-state index contributed by atoms with van der Waals surface area (Å²) in [5, 5.41) is 9.82. The summed E-state index contributed by atoms with van der Waals surface area (Å²) >= 11 is 3.55. The molecule has 68 valence electrons. The van der Waals surface area contributed by atoms with E-state index in [1.54, 1.807) is 22.7 Å². The lowest BCUT2D eigenvalue weighted by Crippen LogP contribution is -2.10. The zero-order chi connectivity index (χ0) is 8.93. The van der Waals surface area contributed by atoms with Crippen LogP contribution in [0.15, 0.2) is 34.3 Å². The summed E-state index contributed by atoms with van der Waals surface area (Å²) < 4.78 is 0. The molecule has 0 fully saturated rings. The summed E-state index contributed by atoms with van der Waals surface area (Å²) in [6, 6.07) is 6.41. The van der Waals surface area contributed by atoms with Gasteiger partial charge < -0.3 is 5.32 Å². The van der Waals surface area contributed by atoms with E-state index >= 15 is 0 Å². The van der Waals surface area contributed by atoms with E-state index < -0.39 is 0 Å². The van der Waals surface area contributed by atoms with Gasteiger partial charge in [0.25, 0.3) is 0 Å². The van der Waals surface area contributed by atoms with Crippen molar-refractivity contribution in [2.24, 2.45) is 0 Å². The molecule has 1 nitrogen and oxygen atoms in total. The van der Waals surface area contributed by atoms with E-state index in [2.05, 4.69) is 39.7 Å². The van der Waals surface area contributed by atoms with Crippen LogP contribution in [0, 0.1) is 0 Å². The summed E-state index contributed by atoms with van der Waals surface area (Å²) in [5.41, 5.74) is 1.38. The molecule has 0 saturated heterocycles. The first-order valence-corrected chi connectivity index (χ1v) is 6.01. The topological polar surface area (TPSA) is 12.0 Å². The van der Waals surface area contributed by atoms with E-state index in [9.17, 15) is 0 Å². The van der Waals surface area contributed by atoms with Crippen LogP contribution in [0.5, 0.6) is 0 Å². The summed E-state index contributed by atoms with van der Waals surface area (Å²) in [4.78, 5) is 1.40. The zero-order valence-corrected chi connectivity index (χ0v) is 8.83. The minimum absolute atomic E-state index is 0.974. The molecule has 1 N–H and O–H groups in total. The van der Waals surface area contributed by atoms with Crippen molar-refractivity contribution in [3.63, 3.8) is 0 Å². The minimum atomic E-state index is 0.974. The van der Waals surface area contributed by atoms with Crippen molar-refractivity contribution in [2.45, 2.75) is 13.1 Å². The molecular weight excluding hydrogens is 198 g/mol. The first kappa shape index (κ1) is 8.94. The molecule has 0 bridgehead atoms. The highest BCUT2D eigenvalue weighted by atomic mass is 32.1. The van der Waals surface area contributed by atoms with Gasteiger partial charge in [-0.3, -0.25) is 0 Å². The van der Waals surface area contributed by atoms with Gasteiger partial charge in [0.15, 0.2) is 0 Å². The van der Waals surface area contributed by atoms with Crippen molar-refractivity contribution in [2.75, 3.05) is 0 Å². The Morgan fingerprint density at radius 1 is 1.15 bits per heavy atom. The van der Waals surface area contributed by atoms with Gasteiger partial charge in [0.05, 0.1) is 0 Å². The van der Waals surface area contributed by atoms with Crippen molar-refractivity contribution >= 4 is 22.7 Å². The maximum Gasteiger partial charge on any atom is 0.0302 e. The van der Waals surface area contributed by atoms with Gasteiger partial charge in [-0.2, -0.15) is 11.3 Å².